The zero-order valence-corrected chi connectivity index (χ0v) is 14.7. The molecular formula is C18H24N2O2S. The molecule has 1 rings (SSSR count). The maximum Gasteiger partial charge on any atom is 0.322 e. The first kappa shape index (κ1) is 19.0. The van der Waals surface area contributed by atoms with Crippen LogP contribution in [0.25, 0.3) is 0 Å². The van der Waals surface area contributed by atoms with Crippen LogP contribution in [0, 0.1) is 0 Å². The summed E-state index contributed by atoms with van der Waals surface area (Å²) in [5.41, 5.74) is 8.66. The fourth-order valence-corrected chi connectivity index (χ4v) is 2.19. The third kappa shape index (κ3) is 7.19. The number of thiocarbonyl (C=S) groups is 1. The second-order valence-corrected chi connectivity index (χ2v) is 6.06. The van der Waals surface area contributed by atoms with Crippen molar-refractivity contribution in [2.75, 3.05) is 6.61 Å². The summed E-state index contributed by atoms with van der Waals surface area (Å²) in [4.78, 5) is 16.4. The van der Waals surface area contributed by atoms with Gasteiger partial charge in [0.1, 0.15) is 12.5 Å². The van der Waals surface area contributed by atoms with Crippen LogP contribution in [0.3, 0.4) is 0 Å². The lowest BCUT2D eigenvalue weighted by molar-refractivity contribution is -0.142. The van der Waals surface area contributed by atoms with Crippen molar-refractivity contribution >= 4 is 23.2 Å². The molecule has 23 heavy (non-hydrogen) atoms. The number of pyridine rings is 1. The first-order chi connectivity index (χ1) is 10.9. The van der Waals surface area contributed by atoms with E-state index in [0.29, 0.717) is 5.69 Å². The van der Waals surface area contributed by atoms with Crippen molar-refractivity contribution in [3.05, 3.63) is 53.4 Å². The van der Waals surface area contributed by atoms with E-state index in [2.05, 4.69) is 24.9 Å². The van der Waals surface area contributed by atoms with Gasteiger partial charge in [-0.15, -0.1) is 0 Å². The van der Waals surface area contributed by atoms with E-state index in [1.54, 1.807) is 24.4 Å². The molecule has 0 aromatic carbocycles. The Balaban J connectivity index is 2.57. The molecule has 2 N–H and O–H groups in total. The van der Waals surface area contributed by atoms with Crippen LogP contribution in [-0.4, -0.2) is 22.5 Å². The minimum Gasteiger partial charge on any atom is -0.461 e. The van der Waals surface area contributed by atoms with Gasteiger partial charge in [-0.1, -0.05) is 35.5 Å². The molecule has 1 aromatic rings. The van der Waals surface area contributed by atoms with Gasteiger partial charge >= 0.3 is 5.97 Å². The highest BCUT2D eigenvalue weighted by Crippen LogP contribution is 2.15. The summed E-state index contributed by atoms with van der Waals surface area (Å²) in [6, 6.07) is 5.27. The minimum absolute atomic E-state index is 0.0676. The quantitative estimate of drug-likeness (QED) is 0.447. The summed E-state index contributed by atoms with van der Waals surface area (Å²) < 4.78 is 5.28. The number of aromatic nitrogens is 1. The average Bonchev–Trinajstić information content (AvgIpc) is 2.47. The van der Waals surface area contributed by atoms with Gasteiger partial charge in [0.15, 0.2) is 0 Å². The van der Waals surface area contributed by atoms with Gasteiger partial charge < -0.3 is 10.5 Å². The van der Waals surface area contributed by atoms with Crippen LogP contribution in [-0.2, 0) is 9.53 Å². The Bertz CT molecular complexity index is 590. The molecule has 1 aromatic heterocycles. The van der Waals surface area contributed by atoms with Gasteiger partial charge in [-0.05, 0) is 51.8 Å². The molecule has 0 bridgehead atoms. The number of rotatable bonds is 8. The van der Waals surface area contributed by atoms with E-state index >= 15 is 0 Å². The second-order valence-electron chi connectivity index (χ2n) is 5.59. The van der Waals surface area contributed by atoms with Crippen LogP contribution < -0.4 is 5.73 Å². The van der Waals surface area contributed by atoms with E-state index in [4.69, 9.17) is 22.7 Å². The van der Waals surface area contributed by atoms with Crippen LogP contribution in [0.4, 0.5) is 0 Å². The number of nitrogens with two attached hydrogens (primary N) is 1. The van der Waals surface area contributed by atoms with E-state index in [1.807, 2.05) is 13.0 Å². The minimum atomic E-state index is -0.800. The number of carbonyl (C=O) groups is 1. The molecule has 0 saturated heterocycles. The molecule has 0 amide bonds. The average molecular weight is 332 g/mol. The molecule has 0 fully saturated rings. The topological polar surface area (TPSA) is 65.2 Å². The summed E-state index contributed by atoms with van der Waals surface area (Å²) in [7, 11) is 0. The van der Waals surface area contributed by atoms with Crippen LogP contribution in [0.1, 0.15) is 45.2 Å². The lowest BCUT2D eigenvalue weighted by atomic mass is 10.1. The number of esters is 1. The van der Waals surface area contributed by atoms with Gasteiger partial charge in [-0.25, -0.2) is 0 Å². The van der Waals surface area contributed by atoms with Crippen molar-refractivity contribution in [1.82, 2.24) is 4.98 Å². The third-order valence-electron chi connectivity index (χ3n) is 3.25. The summed E-state index contributed by atoms with van der Waals surface area (Å²) in [6.07, 6.45) is 7.63. The van der Waals surface area contributed by atoms with Gasteiger partial charge in [-0.3, -0.25) is 9.78 Å². The number of allylic oxidation sites excluding steroid dienone is 3. The molecule has 0 aliphatic carbocycles. The summed E-state index contributed by atoms with van der Waals surface area (Å²) in [5.74, 6) is -1.27. The van der Waals surface area contributed by atoms with Crippen molar-refractivity contribution in [3.8, 4) is 0 Å². The zero-order chi connectivity index (χ0) is 17.2. The van der Waals surface area contributed by atoms with Crippen molar-refractivity contribution in [1.29, 1.82) is 0 Å². The first-order valence-corrected chi connectivity index (χ1v) is 7.98. The maximum atomic E-state index is 12.2. The normalized spacial score (nSPS) is 12.4. The molecule has 4 nitrogen and oxygen atoms in total. The predicted molar refractivity (Wildman–Crippen MR) is 97.1 cm³/mol. The zero-order valence-electron chi connectivity index (χ0n) is 13.9. The monoisotopic (exact) mass is 332 g/mol. The molecular weight excluding hydrogens is 308 g/mol. The fourth-order valence-electron chi connectivity index (χ4n) is 1.97. The van der Waals surface area contributed by atoms with Crippen LogP contribution in [0.2, 0.25) is 0 Å². The molecule has 0 radical (unpaired) electrons. The van der Waals surface area contributed by atoms with Crippen molar-refractivity contribution < 1.29 is 9.53 Å². The Morgan fingerprint density at radius 3 is 2.65 bits per heavy atom. The molecule has 124 valence electrons. The van der Waals surface area contributed by atoms with E-state index in [1.165, 1.54) is 11.1 Å². The molecule has 0 saturated carbocycles. The SMILES string of the molecule is CC(C)=CCCC(C)=CCOC(=O)C(C(N)=S)c1ccccn1. The van der Waals surface area contributed by atoms with E-state index in [-0.39, 0.29) is 11.6 Å². The molecule has 0 aliphatic rings. The van der Waals surface area contributed by atoms with Crippen molar-refractivity contribution in [2.24, 2.45) is 5.73 Å². The smallest absolute Gasteiger partial charge is 0.322 e. The Kier molecular flexibility index (Phi) is 8.19. The molecule has 1 atom stereocenters. The Hall–Kier alpha value is -2.01. The fraction of sp³-hybridized carbons (Fsp3) is 0.389. The molecule has 0 spiro atoms. The maximum absolute atomic E-state index is 12.2. The molecule has 5 heteroatoms. The van der Waals surface area contributed by atoms with Gasteiger partial charge in [0.05, 0.1) is 10.7 Å². The van der Waals surface area contributed by atoms with Crippen LogP contribution >= 0.6 is 12.2 Å². The second kappa shape index (κ2) is 9.90. The summed E-state index contributed by atoms with van der Waals surface area (Å²) in [6.45, 7) is 6.39. The van der Waals surface area contributed by atoms with E-state index in [9.17, 15) is 4.79 Å². The lowest BCUT2D eigenvalue weighted by Gasteiger charge is -2.13. The number of nitrogens with zero attached hydrogens (tertiary/aromatic N) is 1. The van der Waals surface area contributed by atoms with Crippen LogP contribution in [0.15, 0.2) is 47.7 Å². The summed E-state index contributed by atoms with van der Waals surface area (Å²) >= 11 is 4.97. The van der Waals surface area contributed by atoms with Crippen molar-refractivity contribution in [2.45, 2.75) is 39.5 Å². The van der Waals surface area contributed by atoms with E-state index < -0.39 is 11.9 Å². The summed E-state index contributed by atoms with van der Waals surface area (Å²) in [5, 5.41) is 0. The van der Waals surface area contributed by atoms with Crippen LogP contribution in [0.5, 0.6) is 0 Å². The Morgan fingerprint density at radius 2 is 2.09 bits per heavy atom. The standard InChI is InChI=1S/C18H24N2O2S/c1-13(2)7-6-8-14(3)10-12-22-18(21)16(17(19)23)15-9-4-5-11-20-15/h4-5,7,9-11,16H,6,8,12H2,1-3H3,(H2,19,23). The number of ether oxygens (including phenoxy) is 1. The lowest BCUT2D eigenvalue weighted by Crippen LogP contribution is -2.29. The third-order valence-corrected chi connectivity index (χ3v) is 3.49. The Labute approximate surface area is 143 Å². The largest absolute Gasteiger partial charge is 0.461 e. The Morgan fingerprint density at radius 1 is 1.35 bits per heavy atom. The molecule has 1 heterocycles. The van der Waals surface area contributed by atoms with Gasteiger partial charge in [-0.2, -0.15) is 0 Å². The van der Waals surface area contributed by atoms with Gasteiger partial charge in [0.2, 0.25) is 0 Å². The molecule has 0 aliphatic heterocycles. The first-order valence-electron chi connectivity index (χ1n) is 7.57. The number of hydrogen-bond acceptors (Lipinski definition) is 4. The molecule has 1 unspecified atom stereocenters. The van der Waals surface area contributed by atoms with Gasteiger partial charge in [0, 0.05) is 6.20 Å². The van der Waals surface area contributed by atoms with Gasteiger partial charge in [0.25, 0.3) is 0 Å². The number of carbonyl (C=O) groups excluding carboxylic acids is 1. The predicted octanol–water partition coefficient (Wildman–Crippen LogP) is 3.69. The number of hydrogen-bond donors (Lipinski definition) is 1. The highest BCUT2D eigenvalue weighted by molar-refractivity contribution is 7.80. The highest BCUT2D eigenvalue weighted by atomic mass is 32.1. The highest BCUT2D eigenvalue weighted by Gasteiger charge is 2.26. The van der Waals surface area contributed by atoms with E-state index in [0.717, 1.165) is 12.8 Å². The van der Waals surface area contributed by atoms with Crippen molar-refractivity contribution in [3.63, 3.8) is 0 Å².